The van der Waals surface area contributed by atoms with Crippen LogP contribution in [0.1, 0.15) is 17.5 Å². The fourth-order valence-corrected chi connectivity index (χ4v) is 3.12. The number of hydrogen-bond donors (Lipinski definition) is 1. The van der Waals surface area contributed by atoms with E-state index in [-0.39, 0.29) is 24.2 Å². The lowest BCUT2D eigenvalue weighted by Gasteiger charge is -2.19. The molecular formula is C19H19ClN2O2. The maximum absolute atomic E-state index is 12.6. The number of carbonyl (C=O) groups excluding carboxylic acids is 2. The highest BCUT2D eigenvalue weighted by Gasteiger charge is 2.35. The number of nitrogens with zero attached hydrogens (tertiary/aromatic N) is 1. The van der Waals surface area contributed by atoms with Crippen LogP contribution in [0, 0.1) is 19.8 Å². The average Bonchev–Trinajstić information content (AvgIpc) is 2.93. The van der Waals surface area contributed by atoms with E-state index in [1.807, 2.05) is 44.2 Å². The van der Waals surface area contributed by atoms with Crippen LogP contribution in [-0.4, -0.2) is 18.4 Å². The number of benzene rings is 2. The molecule has 0 spiro atoms. The van der Waals surface area contributed by atoms with E-state index in [4.69, 9.17) is 11.6 Å². The van der Waals surface area contributed by atoms with Gasteiger partial charge in [-0.2, -0.15) is 0 Å². The van der Waals surface area contributed by atoms with Crippen molar-refractivity contribution in [3.8, 4) is 0 Å². The van der Waals surface area contributed by atoms with Crippen molar-refractivity contribution in [1.29, 1.82) is 0 Å². The van der Waals surface area contributed by atoms with Crippen LogP contribution in [0.25, 0.3) is 0 Å². The Kier molecular flexibility index (Phi) is 4.58. The Bertz CT molecular complexity index is 804. The Morgan fingerprint density at radius 2 is 1.92 bits per heavy atom. The largest absolute Gasteiger partial charge is 0.325 e. The van der Waals surface area contributed by atoms with Crippen molar-refractivity contribution < 1.29 is 9.59 Å². The standard InChI is InChI=1S/C19H19ClN2O2/c1-12-7-8-15(20)10-16(12)21-19(24)14-9-18(23)22(11-14)17-6-4-3-5-13(17)2/h3-8,10,14H,9,11H2,1-2H3,(H,21,24)/t14-/m0/s1. The van der Waals surface area contributed by atoms with E-state index < -0.39 is 0 Å². The molecule has 1 aliphatic rings. The number of carbonyl (C=O) groups is 2. The summed E-state index contributed by atoms with van der Waals surface area (Å²) >= 11 is 5.99. The molecule has 0 aliphatic carbocycles. The minimum atomic E-state index is -0.365. The number of halogens is 1. The molecule has 0 aromatic heterocycles. The summed E-state index contributed by atoms with van der Waals surface area (Å²) in [6, 6.07) is 13.1. The zero-order valence-electron chi connectivity index (χ0n) is 13.7. The average molecular weight is 343 g/mol. The van der Waals surface area contributed by atoms with Gasteiger partial charge in [0.2, 0.25) is 11.8 Å². The predicted molar refractivity (Wildman–Crippen MR) is 96.5 cm³/mol. The van der Waals surface area contributed by atoms with Gasteiger partial charge < -0.3 is 10.2 Å². The van der Waals surface area contributed by atoms with Crippen LogP contribution >= 0.6 is 11.6 Å². The van der Waals surface area contributed by atoms with E-state index in [2.05, 4.69) is 5.32 Å². The van der Waals surface area contributed by atoms with Crippen LogP contribution in [0.4, 0.5) is 11.4 Å². The molecule has 2 aromatic rings. The minimum absolute atomic E-state index is 0.0210. The maximum atomic E-state index is 12.6. The van der Waals surface area contributed by atoms with Gasteiger partial charge in [0.25, 0.3) is 0 Å². The zero-order valence-corrected chi connectivity index (χ0v) is 14.4. The van der Waals surface area contributed by atoms with Gasteiger partial charge in [0.05, 0.1) is 5.92 Å². The van der Waals surface area contributed by atoms with Crippen LogP contribution in [0.2, 0.25) is 5.02 Å². The molecule has 1 saturated heterocycles. The molecule has 124 valence electrons. The normalized spacial score (nSPS) is 17.2. The van der Waals surface area contributed by atoms with Crippen LogP contribution in [0.5, 0.6) is 0 Å². The van der Waals surface area contributed by atoms with Gasteiger partial charge in [-0.1, -0.05) is 35.9 Å². The molecule has 1 heterocycles. The first kappa shape index (κ1) is 16.5. The predicted octanol–water partition coefficient (Wildman–Crippen LogP) is 3.95. The second-order valence-electron chi connectivity index (χ2n) is 6.14. The third-order valence-electron chi connectivity index (χ3n) is 4.36. The van der Waals surface area contributed by atoms with Crippen molar-refractivity contribution >= 4 is 34.8 Å². The Labute approximate surface area is 146 Å². The molecule has 0 unspecified atom stereocenters. The van der Waals surface area contributed by atoms with E-state index in [1.54, 1.807) is 17.0 Å². The fraction of sp³-hybridized carbons (Fsp3) is 0.263. The van der Waals surface area contributed by atoms with Crippen molar-refractivity contribution in [2.45, 2.75) is 20.3 Å². The fourth-order valence-electron chi connectivity index (χ4n) is 2.95. The molecule has 0 radical (unpaired) electrons. The third kappa shape index (κ3) is 3.29. The van der Waals surface area contributed by atoms with Gasteiger partial charge in [-0.3, -0.25) is 9.59 Å². The van der Waals surface area contributed by atoms with Crippen molar-refractivity contribution in [1.82, 2.24) is 0 Å². The van der Waals surface area contributed by atoms with Crippen molar-refractivity contribution in [3.63, 3.8) is 0 Å². The molecule has 1 aliphatic heterocycles. The number of amides is 2. The number of rotatable bonds is 3. The molecule has 2 aromatic carbocycles. The van der Waals surface area contributed by atoms with E-state index in [0.717, 1.165) is 16.8 Å². The quantitative estimate of drug-likeness (QED) is 0.918. The number of hydrogen-bond acceptors (Lipinski definition) is 2. The first-order valence-electron chi connectivity index (χ1n) is 7.88. The first-order chi connectivity index (χ1) is 11.5. The molecule has 4 nitrogen and oxygen atoms in total. The van der Waals surface area contributed by atoms with Crippen LogP contribution < -0.4 is 10.2 Å². The highest BCUT2D eigenvalue weighted by atomic mass is 35.5. The molecule has 0 saturated carbocycles. The molecule has 1 fully saturated rings. The lowest BCUT2D eigenvalue weighted by molar-refractivity contribution is -0.122. The highest BCUT2D eigenvalue weighted by Crippen LogP contribution is 2.29. The Morgan fingerprint density at radius 3 is 2.67 bits per heavy atom. The number of para-hydroxylation sites is 1. The SMILES string of the molecule is Cc1ccc(Cl)cc1NC(=O)[C@H]1CC(=O)N(c2ccccc2C)C1. The monoisotopic (exact) mass is 342 g/mol. The summed E-state index contributed by atoms with van der Waals surface area (Å²) < 4.78 is 0. The van der Waals surface area contributed by atoms with Gasteiger partial charge in [0.1, 0.15) is 0 Å². The van der Waals surface area contributed by atoms with E-state index in [0.29, 0.717) is 17.3 Å². The van der Waals surface area contributed by atoms with Crippen LogP contribution in [0.15, 0.2) is 42.5 Å². The molecular weight excluding hydrogens is 324 g/mol. The summed E-state index contributed by atoms with van der Waals surface area (Å²) in [5.74, 6) is -0.535. The zero-order chi connectivity index (χ0) is 17.3. The van der Waals surface area contributed by atoms with Crippen LogP contribution in [0.3, 0.4) is 0 Å². The molecule has 5 heteroatoms. The van der Waals surface area contributed by atoms with Gasteiger partial charge in [-0.05, 0) is 43.2 Å². The van der Waals surface area contributed by atoms with E-state index in [9.17, 15) is 9.59 Å². The summed E-state index contributed by atoms with van der Waals surface area (Å²) in [7, 11) is 0. The molecule has 3 rings (SSSR count). The molecule has 1 atom stereocenters. The molecule has 2 amide bonds. The van der Waals surface area contributed by atoms with Crippen molar-refractivity contribution in [2.75, 3.05) is 16.8 Å². The summed E-state index contributed by atoms with van der Waals surface area (Å²) in [6.07, 6.45) is 0.222. The highest BCUT2D eigenvalue weighted by molar-refractivity contribution is 6.31. The van der Waals surface area contributed by atoms with Gasteiger partial charge in [-0.25, -0.2) is 0 Å². The van der Waals surface area contributed by atoms with Gasteiger partial charge in [0, 0.05) is 29.4 Å². The first-order valence-corrected chi connectivity index (χ1v) is 8.26. The second kappa shape index (κ2) is 6.65. The van der Waals surface area contributed by atoms with Gasteiger partial charge in [-0.15, -0.1) is 0 Å². The second-order valence-corrected chi connectivity index (χ2v) is 6.58. The Hall–Kier alpha value is -2.33. The summed E-state index contributed by atoms with van der Waals surface area (Å²) in [5, 5.41) is 3.47. The number of aryl methyl sites for hydroxylation is 2. The molecule has 0 bridgehead atoms. The van der Waals surface area contributed by atoms with E-state index in [1.165, 1.54) is 0 Å². The van der Waals surface area contributed by atoms with E-state index >= 15 is 0 Å². The van der Waals surface area contributed by atoms with Crippen molar-refractivity contribution in [2.24, 2.45) is 5.92 Å². The van der Waals surface area contributed by atoms with Crippen molar-refractivity contribution in [3.05, 3.63) is 58.6 Å². The third-order valence-corrected chi connectivity index (χ3v) is 4.59. The number of nitrogens with one attached hydrogen (secondary N) is 1. The topological polar surface area (TPSA) is 49.4 Å². The Morgan fingerprint density at radius 1 is 1.17 bits per heavy atom. The summed E-state index contributed by atoms with van der Waals surface area (Å²) in [4.78, 5) is 26.6. The van der Waals surface area contributed by atoms with Crippen LogP contribution in [-0.2, 0) is 9.59 Å². The van der Waals surface area contributed by atoms with Gasteiger partial charge in [0.15, 0.2) is 0 Å². The summed E-state index contributed by atoms with van der Waals surface area (Å²) in [6.45, 7) is 4.27. The van der Waals surface area contributed by atoms with Gasteiger partial charge >= 0.3 is 0 Å². The Balaban J connectivity index is 1.75. The smallest absolute Gasteiger partial charge is 0.229 e. The number of anilines is 2. The maximum Gasteiger partial charge on any atom is 0.229 e. The summed E-state index contributed by atoms with van der Waals surface area (Å²) in [5.41, 5.74) is 3.52. The lowest BCUT2D eigenvalue weighted by atomic mass is 10.1. The minimum Gasteiger partial charge on any atom is -0.325 e. The lowest BCUT2D eigenvalue weighted by Crippen LogP contribution is -2.28. The molecule has 1 N–H and O–H groups in total. The molecule has 24 heavy (non-hydrogen) atoms.